The molecule has 0 aliphatic rings. The number of carbonyl (C=O) groups excluding carboxylic acids is 1. The number of benzene rings is 1. The Hall–Kier alpha value is -1.51. The maximum atomic E-state index is 12.1. The Labute approximate surface area is 185 Å². The SMILES string of the molecule is CCCCCCCCCCCCCCCCc1ccc(C(=O)OC(C)(C)C)c(O)c1. The van der Waals surface area contributed by atoms with Crippen molar-refractivity contribution in [3.63, 3.8) is 0 Å². The second kappa shape index (κ2) is 15.3. The molecule has 0 aliphatic heterocycles. The average molecular weight is 419 g/mol. The van der Waals surface area contributed by atoms with Crippen LogP contribution in [-0.2, 0) is 11.2 Å². The van der Waals surface area contributed by atoms with Gasteiger partial charge in [0.05, 0.1) is 0 Å². The van der Waals surface area contributed by atoms with E-state index in [0.29, 0.717) is 0 Å². The minimum Gasteiger partial charge on any atom is -0.507 e. The van der Waals surface area contributed by atoms with E-state index >= 15 is 0 Å². The monoisotopic (exact) mass is 418 g/mol. The molecule has 1 rings (SSSR count). The summed E-state index contributed by atoms with van der Waals surface area (Å²) in [5.74, 6) is -0.449. The topological polar surface area (TPSA) is 46.5 Å². The van der Waals surface area contributed by atoms with Gasteiger partial charge < -0.3 is 9.84 Å². The predicted octanol–water partition coefficient (Wildman–Crippen LogP) is 8.37. The minimum absolute atomic E-state index is 0.0205. The predicted molar refractivity (Wildman–Crippen MR) is 127 cm³/mol. The fraction of sp³-hybridized carbons (Fsp3) is 0.741. The van der Waals surface area contributed by atoms with Gasteiger partial charge in [-0.05, 0) is 51.3 Å². The lowest BCUT2D eigenvalue weighted by molar-refractivity contribution is 0.00668. The first-order chi connectivity index (χ1) is 14.3. The van der Waals surface area contributed by atoms with Crippen molar-refractivity contribution in [2.45, 2.75) is 130 Å². The van der Waals surface area contributed by atoms with Gasteiger partial charge in [0.25, 0.3) is 0 Å². The van der Waals surface area contributed by atoms with E-state index in [-0.39, 0.29) is 11.3 Å². The molecule has 3 nitrogen and oxygen atoms in total. The molecule has 0 amide bonds. The first-order valence-corrected chi connectivity index (χ1v) is 12.4. The van der Waals surface area contributed by atoms with Gasteiger partial charge in [-0.3, -0.25) is 0 Å². The number of hydrogen-bond acceptors (Lipinski definition) is 3. The zero-order valence-electron chi connectivity index (χ0n) is 20.1. The first kappa shape index (κ1) is 26.5. The van der Waals surface area contributed by atoms with Gasteiger partial charge in [-0.15, -0.1) is 0 Å². The van der Waals surface area contributed by atoms with Crippen molar-refractivity contribution in [1.82, 2.24) is 0 Å². The highest BCUT2D eigenvalue weighted by Gasteiger charge is 2.20. The van der Waals surface area contributed by atoms with Crippen LogP contribution in [0.5, 0.6) is 5.75 Å². The van der Waals surface area contributed by atoms with Gasteiger partial charge in [0, 0.05) is 0 Å². The van der Waals surface area contributed by atoms with Crippen LogP contribution in [-0.4, -0.2) is 16.7 Å². The smallest absolute Gasteiger partial charge is 0.342 e. The number of phenolic OH excluding ortho intramolecular Hbond substituents is 1. The van der Waals surface area contributed by atoms with E-state index in [0.717, 1.165) is 18.4 Å². The van der Waals surface area contributed by atoms with Gasteiger partial charge in [-0.1, -0.05) is 96.5 Å². The van der Waals surface area contributed by atoms with Crippen molar-refractivity contribution < 1.29 is 14.6 Å². The second-order valence-corrected chi connectivity index (χ2v) is 9.70. The van der Waals surface area contributed by atoms with Crippen LogP contribution >= 0.6 is 0 Å². The Bertz CT molecular complexity index is 586. The van der Waals surface area contributed by atoms with Crippen molar-refractivity contribution in [2.24, 2.45) is 0 Å². The Kier molecular flexibility index (Phi) is 13.5. The molecule has 0 radical (unpaired) electrons. The lowest BCUT2D eigenvalue weighted by Gasteiger charge is -2.19. The largest absolute Gasteiger partial charge is 0.507 e. The van der Waals surface area contributed by atoms with E-state index in [1.54, 1.807) is 12.1 Å². The van der Waals surface area contributed by atoms with E-state index in [1.807, 2.05) is 26.8 Å². The number of rotatable bonds is 16. The number of esters is 1. The molecule has 0 fully saturated rings. The van der Waals surface area contributed by atoms with Crippen molar-refractivity contribution in [3.05, 3.63) is 29.3 Å². The molecule has 0 aromatic heterocycles. The van der Waals surface area contributed by atoms with E-state index < -0.39 is 11.6 Å². The fourth-order valence-corrected chi connectivity index (χ4v) is 3.76. The zero-order valence-corrected chi connectivity index (χ0v) is 20.1. The molecule has 3 heteroatoms. The summed E-state index contributed by atoms with van der Waals surface area (Å²) in [6, 6.07) is 5.32. The average Bonchev–Trinajstić information content (AvgIpc) is 2.67. The van der Waals surface area contributed by atoms with E-state index in [2.05, 4.69) is 6.92 Å². The fourth-order valence-electron chi connectivity index (χ4n) is 3.76. The molecule has 0 aliphatic carbocycles. The highest BCUT2D eigenvalue weighted by Crippen LogP contribution is 2.23. The van der Waals surface area contributed by atoms with Crippen LogP contribution in [0.2, 0.25) is 0 Å². The maximum absolute atomic E-state index is 12.1. The Morgan fingerprint density at radius 1 is 0.800 bits per heavy atom. The quantitative estimate of drug-likeness (QED) is 0.217. The summed E-state index contributed by atoms with van der Waals surface area (Å²) in [5, 5.41) is 10.2. The molecule has 30 heavy (non-hydrogen) atoms. The summed E-state index contributed by atoms with van der Waals surface area (Å²) in [6.07, 6.45) is 19.9. The third-order valence-corrected chi connectivity index (χ3v) is 5.50. The van der Waals surface area contributed by atoms with Crippen LogP contribution in [0.4, 0.5) is 0 Å². The third kappa shape index (κ3) is 12.9. The molecule has 0 saturated carbocycles. The first-order valence-electron chi connectivity index (χ1n) is 12.4. The van der Waals surface area contributed by atoms with Crippen molar-refractivity contribution in [2.75, 3.05) is 0 Å². The van der Waals surface area contributed by atoms with Crippen LogP contribution in [0.3, 0.4) is 0 Å². The van der Waals surface area contributed by atoms with Crippen molar-refractivity contribution >= 4 is 5.97 Å². The van der Waals surface area contributed by atoms with Crippen LogP contribution in [0.15, 0.2) is 18.2 Å². The summed E-state index contributed by atoms with van der Waals surface area (Å²) in [5.41, 5.74) is 0.768. The summed E-state index contributed by atoms with van der Waals surface area (Å²) in [7, 11) is 0. The van der Waals surface area contributed by atoms with Gasteiger partial charge in [0.15, 0.2) is 0 Å². The number of aryl methyl sites for hydroxylation is 1. The number of aromatic hydroxyl groups is 1. The van der Waals surface area contributed by atoms with Crippen LogP contribution in [0, 0.1) is 0 Å². The Morgan fingerprint density at radius 3 is 1.70 bits per heavy atom. The summed E-state index contributed by atoms with van der Waals surface area (Å²) < 4.78 is 5.33. The molecule has 0 heterocycles. The van der Waals surface area contributed by atoms with Gasteiger partial charge in [0.2, 0.25) is 0 Å². The van der Waals surface area contributed by atoms with Gasteiger partial charge in [-0.2, -0.15) is 0 Å². The van der Waals surface area contributed by atoms with E-state index in [1.165, 1.54) is 83.5 Å². The van der Waals surface area contributed by atoms with E-state index in [4.69, 9.17) is 4.74 Å². The molecular formula is C27H46O3. The number of phenols is 1. The summed E-state index contributed by atoms with van der Waals surface area (Å²) >= 11 is 0. The zero-order chi connectivity index (χ0) is 22.2. The van der Waals surface area contributed by atoms with Gasteiger partial charge in [0.1, 0.15) is 16.9 Å². The molecule has 0 spiro atoms. The summed E-state index contributed by atoms with van der Waals surface area (Å²) in [4.78, 5) is 12.1. The number of hydrogen-bond donors (Lipinski definition) is 1. The molecule has 1 aromatic rings. The number of carbonyl (C=O) groups is 1. The van der Waals surface area contributed by atoms with Crippen molar-refractivity contribution in [1.29, 1.82) is 0 Å². The van der Waals surface area contributed by atoms with Crippen LogP contribution in [0.25, 0.3) is 0 Å². The molecular weight excluding hydrogens is 372 g/mol. The second-order valence-electron chi connectivity index (χ2n) is 9.70. The molecule has 0 bridgehead atoms. The standard InChI is InChI=1S/C27H46O3/c1-5-6-7-8-9-10-11-12-13-14-15-16-17-18-19-23-20-21-24(25(28)22-23)26(29)30-27(2,3)4/h20-22,28H,5-19H2,1-4H3. The Balaban J connectivity index is 2.07. The van der Waals surface area contributed by atoms with Crippen LogP contribution < -0.4 is 0 Å². The van der Waals surface area contributed by atoms with Gasteiger partial charge in [-0.25, -0.2) is 4.79 Å². The highest BCUT2D eigenvalue weighted by atomic mass is 16.6. The molecule has 0 atom stereocenters. The molecule has 172 valence electrons. The van der Waals surface area contributed by atoms with Crippen LogP contribution in [0.1, 0.15) is 134 Å². The van der Waals surface area contributed by atoms with Crippen molar-refractivity contribution in [3.8, 4) is 5.75 Å². The highest BCUT2D eigenvalue weighted by molar-refractivity contribution is 5.92. The summed E-state index contributed by atoms with van der Waals surface area (Å²) in [6.45, 7) is 7.75. The van der Waals surface area contributed by atoms with E-state index in [9.17, 15) is 9.90 Å². The molecule has 0 unspecified atom stereocenters. The third-order valence-electron chi connectivity index (χ3n) is 5.50. The number of ether oxygens (including phenoxy) is 1. The lowest BCUT2D eigenvalue weighted by atomic mass is 10.0. The maximum Gasteiger partial charge on any atom is 0.342 e. The molecule has 1 aromatic carbocycles. The normalized spacial score (nSPS) is 11.6. The lowest BCUT2D eigenvalue weighted by Crippen LogP contribution is -2.23. The Morgan fingerprint density at radius 2 is 1.27 bits per heavy atom. The molecule has 0 saturated heterocycles. The van der Waals surface area contributed by atoms with Gasteiger partial charge >= 0.3 is 5.97 Å². The minimum atomic E-state index is -0.559. The molecule has 1 N–H and O–H groups in total. The number of unbranched alkanes of at least 4 members (excludes halogenated alkanes) is 13.